The summed E-state index contributed by atoms with van der Waals surface area (Å²) in [6.07, 6.45) is 88.1. The van der Waals surface area contributed by atoms with Gasteiger partial charge >= 0.3 is 5.97 Å². The predicted octanol–water partition coefficient (Wildman–Crippen LogP) is 23.7. The third-order valence-corrected chi connectivity index (χ3v) is 17.3. The van der Waals surface area contributed by atoms with E-state index in [2.05, 4.69) is 43.5 Å². The molecule has 0 rings (SSSR count). The number of rotatable bonds is 69. The summed E-state index contributed by atoms with van der Waals surface area (Å²) < 4.78 is 5.50. The van der Waals surface area contributed by atoms with E-state index in [-0.39, 0.29) is 18.5 Å². The topological polar surface area (TPSA) is 95.9 Å². The number of amides is 1. The molecule has 6 heteroatoms. The van der Waals surface area contributed by atoms with Crippen molar-refractivity contribution in [2.45, 2.75) is 424 Å². The number of esters is 1. The van der Waals surface area contributed by atoms with Crippen LogP contribution in [-0.4, -0.2) is 47.4 Å². The van der Waals surface area contributed by atoms with Crippen LogP contribution in [-0.2, 0) is 14.3 Å². The van der Waals surface area contributed by atoms with Crippen LogP contribution in [0.1, 0.15) is 412 Å². The minimum Gasteiger partial charge on any atom is -0.466 e. The Balaban J connectivity index is 3.38. The van der Waals surface area contributed by atoms with E-state index in [0.29, 0.717) is 25.9 Å². The van der Waals surface area contributed by atoms with Crippen molar-refractivity contribution in [3.05, 3.63) is 24.3 Å². The highest BCUT2D eigenvalue weighted by molar-refractivity contribution is 5.76. The highest BCUT2D eigenvalue weighted by Crippen LogP contribution is 2.19. The molecule has 0 radical (unpaired) electrons. The SMILES string of the molecule is CCCCCCCCCCCCCCCCCCCC(=O)OCCCCCCCCCCC/C=C\C/C=C\CCCCCCCCCCCCCCCC(=O)NC(CO)C(O)CCCCCCCCCCCCCCCCCCC. The summed E-state index contributed by atoms with van der Waals surface area (Å²) in [4.78, 5) is 24.6. The molecule has 2 atom stereocenters. The van der Waals surface area contributed by atoms with E-state index in [1.165, 1.54) is 334 Å². The minimum absolute atomic E-state index is 0.0168. The molecule has 0 spiro atoms. The van der Waals surface area contributed by atoms with Crippen molar-refractivity contribution >= 4 is 11.9 Å². The first kappa shape index (κ1) is 78.3. The Morgan fingerprint density at radius 2 is 0.625 bits per heavy atom. The summed E-state index contributed by atoms with van der Waals surface area (Å²) in [5, 5.41) is 23.4. The lowest BCUT2D eigenvalue weighted by molar-refractivity contribution is -0.143. The van der Waals surface area contributed by atoms with E-state index in [9.17, 15) is 19.8 Å². The quantitative estimate of drug-likeness (QED) is 0.0320. The van der Waals surface area contributed by atoms with Gasteiger partial charge in [0.05, 0.1) is 25.4 Å². The number of carbonyl (C=O) groups is 2. The molecule has 0 aromatic heterocycles. The van der Waals surface area contributed by atoms with E-state index in [1.54, 1.807) is 0 Å². The minimum atomic E-state index is -0.665. The van der Waals surface area contributed by atoms with Gasteiger partial charge in [-0.25, -0.2) is 0 Å². The molecule has 0 aromatic carbocycles. The second kappa shape index (κ2) is 69.8. The summed E-state index contributed by atoms with van der Waals surface area (Å²) in [7, 11) is 0. The van der Waals surface area contributed by atoms with Crippen LogP contribution in [0.25, 0.3) is 0 Å². The lowest BCUT2D eigenvalue weighted by atomic mass is 10.0. The lowest BCUT2D eigenvalue weighted by Gasteiger charge is -2.22. The molecule has 0 saturated carbocycles. The van der Waals surface area contributed by atoms with Gasteiger partial charge in [-0.1, -0.05) is 366 Å². The van der Waals surface area contributed by atoms with Crippen LogP contribution in [0.15, 0.2) is 24.3 Å². The molecule has 0 aromatic rings. The molecule has 0 fully saturated rings. The Morgan fingerprint density at radius 3 is 0.950 bits per heavy atom. The molecule has 0 aliphatic rings. The maximum atomic E-state index is 12.5. The molecule has 1 amide bonds. The molecule has 80 heavy (non-hydrogen) atoms. The van der Waals surface area contributed by atoms with Crippen molar-refractivity contribution in [2.24, 2.45) is 0 Å². The third kappa shape index (κ3) is 65.5. The van der Waals surface area contributed by atoms with E-state index in [4.69, 9.17) is 4.74 Å². The standard InChI is InChI=1S/C74H143NO5/c1-3-5-7-9-11-13-15-17-19-34-38-42-46-50-54-58-62-66-72(77)71(70-76)75-73(78)67-63-59-55-51-47-43-39-36-32-30-28-26-24-22-21-23-25-27-29-31-33-37-41-45-49-53-57-61-65-69-80-74(79)68-64-60-56-52-48-44-40-35-20-18-16-14-12-10-8-6-4-2/h21,23,27,29,71-72,76-77H,3-20,22,24-26,28,30-70H2,1-2H3,(H,75,78)/b23-21-,29-27-. The lowest BCUT2D eigenvalue weighted by Crippen LogP contribution is -2.45. The number of unbranched alkanes of at least 4 members (excludes halogenated alkanes) is 54. The Morgan fingerprint density at radius 1 is 0.350 bits per heavy atom. The fourth-order valence-corrected chi connectivity index (χ4v) is 11.7. The highest BCUT2D eigenvalue weighted by atomic mass is 16.5. The molecule has 0 saturated heterocycles. The van der Waals surface area contributed by atoms with Crippen LogP contribution in [0.4, 0.5) is 0 Å². The number of carbonyl (C=O) groups excluding carboxylic acids is 2. The summed E-state index contributed by atoms with van der Waals surface area (Å²) in [5.41, 5.74) is 0. The van der Waals surface area contributed by atoms with Crippen LogP contribution in [0.3, 0.4) is 0 Å². The van der Waals surface area contributed by atoms with Crippen molar-refractivity contribution in [3.8, 4) is 0 Å². The average molecular weight is 1130 g/mol. The van der Waals surface area contributed by atoms with E-state index in [0.717, 1.165) is 44.9 Å². The van der Waals surface area contributed by atoms with Gasteiger partial charge < -0.3 is 20.3 Å². The normalized spacial score (nSPS) is 12.6. The monoisotopic (exact) mass is 1130 g/mol. The second-order valence-corrected chi connectivity index (χ2v) is 25.3. The maximum Gasteiger partial charge on any atom is 0.305 e. The van der Waals surface area contributed by atoms with Crippen LogP contribution in [0.2, 0.25) is 0 Å². The molecule has 3 N–H and O–H groups in total. The molecule has 2 unspecified atom stereocenters. The zero-order chi connectivity index (χ0) is 57.8. The van der Waals surface area contributed by atoms with Crippen molar-refractivity contribution in [2.75, 3.05) is 13.2 Å². The average Bonchev–Trinajstić information content (AvgIpc) is 3.46. The first-order valence-electron chi connectivity index (χ1n) is 36.6. The number of allylic oxidation sites excluding steroid dienone is 4. The van der Waals surface area contributed by atoms with Gasteiger partial charge in [0.15, 0.2) is 0 Å². The van der Waals surface area contributed by atoms with Gasteiger partial charge in [-0.05, 0) is 57.8 Å². The smallest absolute Gasteiger partial charge is 0.305 e. The van der Waals surface area contributed by atoms with Gasteiger partial charge in [0.25, 0.3) is 0 Å². The van der Waals surface area contributed by atoms with E-state index >= 15 is 0 Å². The number of hydrogen-bond donors (Lipinski definition) is 3. The summed E-state index contributed by atoms with van der Waals surface area (Å²) in [6.45, 7) is 4.99. The number of aliphatic hydroxyl groups excluding tert-OH is 2. The Hall–Kier alpha value is -1.66. The molecule has 0 heterocycles. The van der Waals surface area contributed by atoms with Gasteiger partial charge in [-0.3, -0.25) is 9.59 Å². The fraction of sp³-hybridized carbons (Fsp3) is 0.919. The highest BCUT2D eigenvalue weighted by Gasteiger charge is 2.20. The first-order valence-corrected chi connectivity index (χ1v) is 36.6. The Bertz CT molecular complexity index is 1250. The van der Waals surface area contributed by atoms with Crippen molar-refractivity contribution in [3.63, 3.8) is 0 Å². The molecular weight excluding hydrogens is 983 g/mol. The fourth-order valence-electron chi connectivity index (χ4n) is 11.7. The van der Waals surface area contributed by atoms with Crippen molar-refractivity contribution in [1.82, 2.24) is 5.32 Å². The number of ether oxygens (including phenoxy) is 1. The van der Waals surface area contributed by atoms with Crippen LogP contribution >= 0.6 is 0 Å². The summed E-state index contributed by atoms with van der Waals surface area (Å²) >= 11 is 0. The summed E-state index contributed by atoms with van der Waals surface area (Å²) in [5.74, 6) is -0.0155. The van der Waals surface area contributed by atoms with Crippen molar-refractivity contribution < 1.29 is 24.5 Å². The molecule has 0 bridgehead atoms. The van der Waals surface area contributed by atoms with Crippen LogP contribution in [0.5, 0.6) is 0 Å². The molecule has 0 aliphatic carbocycles. The summed E-state index contributed by atoms with van der Waals surface area (Å²) in [6, 6.07) is -0.542. The Labute approximate surface area is 501 Å². The predicted molar refractivity (Wildman–Crippen MR) is 352 cm³/mol. The molecule has 6 nitrogen and oxygen atoms in total. The number of nitrogens with one attached hydrogen (secondary N) is 1. The maximum absolute atomic E-state index is 12.5. The second-order valence-electron chi connectivity index (χ2n) is 25.3. The van der Waals surface area contributed by atoms with Crippen molar-refractivity contribution in [1.29, 1.82) is 0 Å². The van der Waals surface area contributed by atoms with E-state index < -0.39 is 12.1 Å². The zero-order valence-corrected chi connectivity index (χ0v) is 54.3. The van der Waals surface area contributed by atoms with Gasteiger partial charge in [0.1, 0.15) is 0 Å². The number of hydrogen-bond acceptors (Lipinski definition) is 5. The largest absolute Gasteiger partial charge is 0.466 e. The molecule has 0 aliphatic heterocycles. The van der Waals surface area contributed by atoms with Gasteiger partial charge in [-0.15, -0.1) is 0 Å². The molecule has 474 valence electrons. The van der Waals surface area contributed by atoms with Gasteiger partial charge in [0.2, 0.25) is 5.91 Å². The van der Waals surface area contributed by atoms with Crippen LogP contribution in [0, 0.1) is 0 Å². The Kier molecular flexibility index (Phi) is 68.4. The first-order chi connectivity index (χ1) is 39.5. The van der Waals surface area contributed by atoms with E-state index in [1.807, 2.05) is 0 Å². The zero-order valence-electron chi connectivity index (χ0n) is 54.3. The van der Waals surface area contributed by atoms with Gasteiger partial charge in [-0.2, -0.15) is 0 Å². The third-order valence-electron chi connectivity index (χ3n) is 17.3. The molecular formula is C74H143NO5. The number of aliphatic hydroxyl groups is 2. The van der Waals surface area contributed by atoms with Crippen LogP contribution < -0.4 is 5.32 Å². The van der Waals surface area contributed by atoms with Gasteiger partial charge in [0, 0.05) is 12.8 Å².